The van der Waals surface area contributed by atoms with Gasteiger partial charge in [-0.2, -0.15) is 0 Å². The lowest BCUT2D eigenvalue weighted by Gasteiger charge is -2.33. The van der Waals surface area contributed by atoms with Crippen LogP contribution in [0.1, 0.15) is 36.8 Å². The Bertz CT molecular complexity index is 687. The fourth-order valence-corrected chi connectivity index (χ4v) is 3.48. The zero-order valence-electron chi connectivity index (χ0n) is 14.7. The quantitative estimate of drug-likeness (QED) is 0.444. The van der Waals surface area contributed by atoms with Gasteiger partial charge in [-0.3, -0.25) is 0 Å². The number of hydrogen-bond donors (Lipinski definition) is 6. The fourth-order valence-electron chi connectivity index (χ4n) is 3.48. The summed E-state index contributed by atoms with van der Waals surface area (Å²) in [5.41, 5.74) is 1.85. The maximum atomic E-state index is 9.61. The van der Waals surface area contributed by atoms with Crippen LogP contribution < -0.4 is 10.6 Å². The lowest BCUT2D eigenvalue weighted by Crippen LogP contribution is -2.49. The summed E-state index contributed by atoms with van der Waals surface area (Å²) in [5, 5.41) is 45.1. The van der Waals surface area contributed by atoms with Crippen LogP contribution in [0, 0.1) is 0 Å². The van der Waals surface area contributed by atoms with Crippen LogP contribution in [0.4, 0.5) is 0 Å². The third kappa shape index (κ3) is 4.59. The molecule has 26 heavy (non-hydrogen) atoms. The number of benzene rings is 2. The van der Waals surface area contributed by atoms with E-state index >= 15 is 0 Å². The van der Waals surface area contributed by atoms with E-state index in [1.165, 1.54) is 25.0 Å². The number of phenolic OH excluding ortho intramolecular Hbond substituents is 4. The Hall–Kier alpha value is -2.44. The van der Waals surface area contributed by atoms with Crippen molar-refractivity contribution in [3.8, 4) is 23.0 Å². The highest BCUT2D eigenvalue weighted by atomic mass is 16.3. The molecule has 0 radical (unpaired) electrons. The Morgan fingerprint density at radius 3 is 1.46 bits per heavy atom. The molecule has 0 amide bonds. The largest absolute Gasteiger partial charge is 0.504 e. The monoisotopic (exact) mass is 358 g/mol. The molecular formula is C20H26N2O4. The molecular weight excluding hydrogens is 332 g/mol. The predicted molar refractivity (Wildman–Crippen MR) is 99.3 cm³/mol. The summed E-state index contributed by atoms with van der Waals surface area (Å²) >= 11 is 0. The molecule has 0 aliphatic heterocycles. The normalized spacial score (nSPS) is 20.2. The summed E-state index contributed by atoms with van der Waals surface area (Å²) in [6, 6.07) is 10.4. The number of hydrogen-bond acceptors (Lipinski definition) is 6. The van der Waals surface area contributed by atoms with Gasteiger partial charge in [0, 0.05) is 25.2 Å². The Morgan fingerprint density at radius 1 is 0.654 bits per heavy atom. The van der Waals surface area contributed by atoms with Gasteiger partial charge in [0.2, 0.25) is 0 Å². The van der Waals surface area contributed by atoms with Crippen LogP contribution in [0.25, 0.3) is 0 Å². The van der Waals surface area contributed by atoms with Gasteiger partial charge in [-0.15, -0.1) is 0 Å². The van der Waals surface area contributed by atoms with Crippen LogP contribution in [0.5, 0.6) is 23.0 Å². The molecule has 0 saturated heterocycles. The molecule has 2 aromatic carbocycles. The molecule has 1 saturated carbocycles. The van der Waals surface area contributed by atoms with Crippen LogP contribution in [0.15, 0.2) is 36.4 Å². The van der Waals surface area contributed by atoms with E-state index in [0.717, 1.165) is 24.0 Å². The van der Waals surface area contributed by atoms with Gasteiger partial charge in [-0.25, -0.2) is 0 Å². The van der Waals surface area contributed by atoms with Gasteiger partial charge < -0.3 is 31.1 Å². The smallest absolute Gasteiger partial charge is 0.157 e. The molecule has 0 heterocycles. The van der Waals surface area contributed by atoms with E-state index in [-0.39, 0.29) is 23.0 Å². The van der Waals surface area contributed by atoms with E-state index < -0.39 is 0 Å². The van der Waals surface area contributed by atoms with Gasteiger partial charge in [-0.05, 0) is 48.2 Å². The molecule has 3 rings (SSSR count). The summed E-state index contributed by atoms with van der Waals surface area (Å²) in [5.74, 6) is -0.421. The predicted octanol–water partition coefficient (Wildman–Crippen LogP) is 2.70. The van der Waals surface area contributed by atoms with Gasteiger partial charge in [-0.1, -0.05) is 25.0 Å². The summed E-state index contributed by atoms with van der Waals surface area (Å²) in [6.45, 7) is 1.24. The molecule has 1 aliphatic rings. The number of rotatable bonds is 6. The van der Waals surface area contributed by atoms with Crippen LogP contribution in [0.3, 0.4) is 0 Å². The van der Waals surface area contributed by atoms with Crippen molar-refractivity contribution in [1.82, 2.24) is 10.6 Å². The molecule has 2 aromatic rings. The van der Waals surface area contributed by atoms with Crippen molar-refractivity contribution in [3.63, 3.8) is 0 Å². The molecule has 6 heteroatoms. The number of phenols is 4. The van der Waals surface area contributed by atoms with Crippen LogP contribution in [0.2, 0.25) is 0 Å². The van der Waals surface area contributed by atoms with Gasteiger partial charge in [0.15, 0.2) is 23.0 Å². The van der Waals surface area contributed by atoms with E-state index in [0.29, 0.717) is 25.2 Å². The Balaban J connectivity index is 1.56. The fraction of sp³-hybridized carbons (Fsp3) is 0.400. The van der Waals surface area contributed by atoms with Gasteiger partial charge in [0.05, 0.1) is 0 Å². The lowest BCUT2D eigenvalue weighted by atomic mass is 9.90. The molecule has 0 spiro atoms. The zero-order chi connectivity index (χ0) is 18.5. The van der Waals surface area contributed by atoms with Gasteiger partial charge in [0.25, 0.3) is 0 Å². The third-order valence-electron chi connectivity index (χ3n) is 4.98. The number of nitrogens with one attached hydrogen (secondary N) is 2. The molecule has 140 valence electrons. The molecule has 6 N–H and O–H groups in total. The highest BCUT2D eigenvalue weighted by Crippen LogP contribution is 2.27. The minimum atomic E-state index is -0.108. The summed E-state index contributed by atoms with van der Waals surface area (Å²) in [7, 11) is 0. The summed E-state index contributed by atoms with van der Waals surface area (Å²) in [6.07, 6.45) is 4.50. The van der Waals surface area contributed by atoms with Crippen LogP contribution in [-0.2, 0) is 13.1 Å². The van der Waals surface area contributed by atoms with Gasteiger partial charge >= 0.3 is 0 Å². The van der Waals surface area contributed by atoms with E-state index in [2.05, 4.69) is 10.6 Å². The molecule has 6 nitrogen and oxygen atoms in total. The molecule has 1 aliphatic carbocycles. The third-order valence-corrected chi connectivity index (χ3v) is 4.98. The highest BCUT2D eigenvalue weighted by molar-refractivity contribution is 5.41. The molecule has 0 bridgehead atoms. The second-order valence-electron chi connectivity index (χ2n) is 6.91. The first kappa shape index (κ1) is 18.4. The average molecular weight is 358 g/mol. The average Bonchev–Trinajstić information content (AvgIpc) is 2.64. The van der Waals surface area contributed by atoms with Crippen molar-refractivity contribution in [1.29, 1.82) is 0 Å². The van der Waals surface area contributed by atoms with Crippen molar-refractivity contribution >= 4 is 0 Å². The van der Waals surface area contributed by atoms with Crippen molar-refractivity contribution in [2.75, 3.05) is 0 Å². The van der Waals surface area contributed by atoms with Crippen LogP contribution >= 0.6 is 0 Å². The summed E-state index contributed by atoms with van der Waals surface area (Å²) < 4.78 is 0. The van der Waals surface area contributed by atoms with Crippen molar-refractivity contribution in [2.24, 2.45) is 0 Å². The Labute approximate surface area is 153 Å². The molecule has 1 fully saturated rings. The van der Waals surface area contributed by atoms with E-state index in [1.807, 2.05) is 0 Å². The second kappa shape index (κ2) is 8.29. The van der Waals surface area contributed by atoms with Crippen molar-refractivity contribution < 1.29 is 20.4 Å². The van der Waals surface area contributed by atoms with Crippen LogP contribution in [-0.4, -0.2) is 32.5 Å². The standard InChI is InChI=1S/C20H26N2O4/c23-17-7-5-13(9-19(17)25)11-21-15-3-1-2-4-16(15)22-12-14-6-8-18(24)20(26)10-14/h5-10,15-16,21-26H,1-4,11-12H2. The zero-order valence-corrected chi connectivity index (χ0v) is 14.7. The van der Waals surface area contributed by atoms with Crippen molar-refractivity contribution in [3.05, 3.63) is 47.5 Å². The topological polar surface area (TPSA) is 105 Å². The first-order valence-corrected chi connectivity index (χ1v) is 9.01. The molecule has 2 unspecified atom stereocenters. The molecule has 0 aromatic heterocycles. The van der Waals surface area contributed by atoms with E-state index in [9.17, 15) is 20.4 Å². The second-order valence-corrected chi connectivity index (χ2v) is 6.91. The highest BCUT2D eigenvalue weighted by Gasteiger charge is 2.24. The Kier molecular flexibility index (Phi) is 5.85. The summed E-state index contributed by atoms with van der Waals surface area (Å²) in [4.78, 5) is 0. The lowest BCUT2D eigenvalue weighted by molar-refractivity contribution is 0.281. The first-order chi connectivity index (χ1) is 12.5. The van der Waals surface area contributed by atoms with Gasteiger partial charge in [0.1, 0.15) is 0 Å². The molecule has 2 atom stereocenters. The Morgan fingerprint density at radius 2 is 1.08 bits per heavy atom. The maximum Gasteiger partial charge on any atom is 0.157 e. The number of aromatic hydroxyl groups is 4. The maximum absolute atomic E-state index is 9.61. The minimum absolute atomic E-state index is 0.102. The minimum Gasteiger partial charge on any atom is -0.504 e. The van der Waals surface area contributed by atoms with Crippen molar-refractivity contribution in [2.45, 2.75) is 50.9 Å². The first-order valence-electron chi connectivity index (χ1n) is 9.01. The van der Waals surface area contributed by atoms with E-state index in [1.54, 1.807) is 24.3 Å². The SMILES string of the molecule is Oc1ccc(CNC2CCCCC2NCc2ccc(O)c(O)c2)cc1O. The van der Waals surface area contributed by atoms with E-state index in [4.69, 9.17) is 0 Å².